The molecule has 0 radical (unpaired) electrons. The van der Waals surface area contributed by atoms with E-state index < -0.39 is 6.43 Å². The molecule has 0 saturated heterocycles. The van der Waals surface area contributed by atoms with Crippen molar-refractivity contribution in [2.75, 3.05) is 6.54 Å². The molecule has 0 aliphatic rings. The van der Waals surface area contributed by atoms with Crippen molar-refractivity contribution in [2.45, 2.75) is 13.0 Å². The number of alkyl halides is 2. The lowest BCUT2D eigenvalue weighted by molar-refractivity contribution is 0.145. The molecule has 0 atom stereocenters. The van der Waals surface area contributed by atoms with Crippen molar-refractivity contribution in [3.8, 4) is 0 Å². The zero-order chi connectivity index (χ0) is 11.4. The summed E-state index contributed by atoms with van der Waals surface area (Å²) in [7, 11) is 0. The topological polar surface area (TPSA) is 24.9 Å². The molecule has 4 heteroatoms. The first-order valence-electron chi connectivity index (χ1n) is 5.09. The SMILES string of the molecule is FC(F)CNCc1ccnc2ccccc12. The number of nitrogens with zero attached hydrogens (tertiary/aromatic N) is 1. The van der Waals surface area contributed by atoms with Gasteiger partial charge in [0, 0.05) is 18.1 Å². The summed E-state index contributed by atoms with van der Waals surface area (Å²) in [5.74, 6) is 0. The number of benzene rings is 1. The van der Waals surface area contributed by atoms with Crippen LogP contribution in [0.3, 0.4) is 0 Å². The van der Waals surface area contributed by atoms with Crippen LogP contribution in [0.2, 0.25) is 0 Å². The molecular formula is C12H12F2N2. The van der Waals surface area contributed by atoms with Crippen molar-refractivity contribution in [2.24, 2.45) is 0 Å². The zero-order valence-electron chi connectivity index (χ0n) is 8.66. The lowest BCUT2D eigenvalue weighted by atomic mass is 10.1. The van der Waals surface area contributed by atoms with Crippen LogP contribution in [0.5, 0.6) is 0 Å². The number of hydrogen-bond donors (Lipinski definition) is 1. The predicted octanol–water partition coefficient (Wildman–Crippen LogP) is 2.59. The maximum atomic E-state index is 12.0. The zero-order valence-corrected chi connectivity index (χ0v) is 8.66. The molecule has 0 unspecified atom stereocenters. The van der Waals surface area contributed by atoms with E-state index in [0.29, 0.717) is 6.54 Å². The van der Waals surface area contributed by atoms with Crippen LogP contribution in [0.1, 0.15) is 5.56 Å². The van der Waals surface area contributed by atoms with Gasteiger partial charge >= 0.3 is 0 Å². The smallest absolute Gasteiger partial charge is 0.250 e. The molecule has 1 aromatic heterocycles. The molecule has 0 bridgehead atoms. The predicted molar refractivity (Wildman–Crippen MR) is 59.5 cm³/mol. The number of pyridine rings is 1. The molecule has 0 aliphatic carbocycles. The highest BCUT2D eigenvalue weighted by Crippen LogP contribution is 2.15. The summed E-state index contributed by atoms with van der Waals surface area (Å²) in [5.41, 5.74) is 1.88. The fourth-order valence-electron chi connectivity index (χ4n) is 1.63. The largest absolute Gasteiger partial charge is 0.307 e. The van der Waals surface area contributed by atoms with Gasteiger partial charge in [0.1, 0.15) is 0 Å². The molecule has 0 fully saturated rings. The Labute approximate surface area is 92.3 Å². The van der Waals surface area contributed by atoms with Gasteiger partial charge in [-0.1, -0.05) is 18.2 Å². The summed E-state index contributed by atoms with van der Waals surface area (Å²) >= 11 is 0. The van der Waals surface area contributed by atoms with Gasteiger partial charge in [0.15, 0.2) is 0 Å². The van der Waals surface area contributed by atoms with Crippen molar-refractivity contribution in [3.05, 3.63) is 42.1 Å². The van der Waals surface area contributed by atoms with E-state index in [1.54, 1.807) is 6.20 Å². The molecule has 2 aromatic rings. The van der Waals surface area contributed by atoms with E-state index in [9.17, 15) is 8.78 Å². The van der Waals surface area contributed by atoms with Crippen LogP contribution in [0.15, 0.2) is 36.5 Å². The number of hydrogen-bond acceptors (Lipinski definition) is 2. The Morgan fingerprint density at radius 2 is 2.00 bits per heavy atom. The summed E-state index contributed by atoms with van der Waals surface area (Å²) in [6.45, 7) is 0.157. The molecule has 0 amide bonds. The third-order valence-electron chi connectivity index (χ3n) is 2.35. The van der Waals surface area contributed by atoms with Gasteiger partial charge < -0.3 is 5.32 Å². The quantitative estimate of drug-likeness (QED) is 0.860. The van der Waals surface area contributed by atoms with Gasteiger partial charge in [-0.2, -0.15) is 0 Å². The number of rotatable bonds is 4. The van der Waals surface area contributed by atoms with E-state index in [-0.39, 0.29) is 6.54 Å². The Bertz CT molecular complexity index is 466. The second-order valence-electron chi connectivity index (χ2n) is 3.51. The Balaban J connectivity index is 2.17. The summed E-state index contributed by atoms with van der Waals surface area (Å²) in [6, 6.07) is 9.53. The second kappa shape index (κ2) is 4.99. The van der Waals surface area contributed by atoms with Crippen LogP contribution in [0.25, 0.3) is 10.9 Å². The third kappa shape index (κ3) is 2.52. The van der Waals surface area contributed by atoms with E-state index in [0.717, 1.165) is 16.5 Å². The van der Waals surface area contributed by atoms with Gasteiger partial charge in [-0.3, -0.25) is 4.98 Å². The molecule has 2 rings (SSSR count). The van der Waals surface area contributed by atoms with Crippen LogP contribution in [-0.2, 0) is 6.54 Å². The van der Waals surface area contributed by atoms with Gasteiger partial charge in [-0.15, -0.1) is 0 Å². The molecular weight excluding hydrogens is 210 g/mol. The first-order chi connectivity index (χ1) is 7.77. The maximum absolute atomic E-state index is 12.0. The fourth-order valence-corrected chi connectivity index (χ4v) is 1.63. The van der Waals surface area contributed by atoms with E-state index in [1.807, 2.05) is 30.3 Å². The van der Waals surface area contributed by atoms with Gasteiger partial charge in [0.2, 0.25) is 0 Å². The molecule has 84 valence electrons. The van der Waals surface area contributed by atoms with Crippen molar-refractivity contribution >= 4 is 10.9 Å². The third-order valence-corrected chi connectivity index (χ3v) is 2.35. The minimum absolute atomic E-state index is 0.281. The minimum Gasteiger partial charge on any atom is -0.307 e. The van der Waals surface area contributed by atoms with Gasteiger partial charge in [-0.05, 0) is 17.7 Å². The van der Waals surface area contributed by atoms with Crippen molar-refractivity contribution in [3.63, 3.8) is 0 Å². The second-order valence-corrected chi connectivity index (χ2v) is 3.51. The highest BCUT2D eigenvalue weighted by Gasteiger charge is 2.03. The van der Waals surface area contributed by atoms with Gasteiger partial charge in [-0.25, -0.2) is 8.78 Å². The first-order valence-corrected chi connectivity index (χ1v) is 5.09. The fraction of sp³-hybridized carbons (Fsp3) is 0.250. The molecule has 0 spiro atoms. The highest BCUT2D eigenvalue weighted by molar-refractivity contribution is 5.81. The molecule has 16 heavy (non-hydrogen) atoms. The average molecular weight is 222 g/mol. The number of fused-ring (bicyclic) bond motifs is 1. The summed E-state index contributed by atoms with van der Waals surface area (Å²) in [4.78, 5) is 4.21. The van der Waals surface area contributed by atoms with Crippen LogP contribution >= 0.6 is 0 Å². The monoisotopic (exact) mass is 222 g/mol. The number of aromatic nitrogens is 1. The molecule has 0 saturated carbocycles. The van der Waals surface area contributed by atoms with Crippen LogP contribution in [-0.4, -0.2) is 18.0 Å². The Hall–Kier alpha value is -1.55. The van der Waals surface area contributed by atoms with Crippen molar-refractivity contribution < 1.29 is 8.78 Å². The normalized spacial score (nSPS) is 11.2. The number of halogens is 2. The Morgan fingerprint density at radius 3 is 2.81 bits per heavy atom. The Kier molecular flexibility index (Phi) is 3.41. The van der Waals surface area contributed by atoms with Crippen molar-refractivity contribution in [1.29, 1.82) is 0 Å². The molecule has 0 aliphatic heterocycles. The molecule has 1 heterocycles. The average Bonchev–Trinajstić information content (AvgIpc) is 2.29. The lowest BCUT2D eigenvalue weighted by Crippen LogP contribution is -2.20. The molecule has 1 aromatic carbocycles. The number of para-hydroxylation sites is 1. The highest BCUT2D eigenvalue weighted by atomic mass is 19.3. The minimum atomic E-state index is -2.31. The summed E-state index contributed by atoms with van der Waals surface area (Å²) in [6.07, 6.45) is -0.616. The summed E-state index contributed by atoms with van der Waals surface area (Å²) < 4.78 is 24.0. The van der Waals surface area contributed by atoms with Gasteiger partial charge in [0.25, 0.3) is 6.43 Å². The van der Waals surface area contributed by atoms with E-state index in [4.69, 9.17) is 0 Å². The van der Waals surface area contributed by atoms with Crippen LogP contribution < -0.4 is 5.32 Å². The van der Waals surface area contributed by atoms with Crippen LogP contribution in [0.4, 0.5) is 8.78 Å². The Morgan fingerprint density at radius 1 is 1.19 bits per heavy atom. The first kappa shape index (κ1) is 11.0. The maximum Gasteiger partial charge on any atom is 0.250 e. The van der Waals surface area contributed by atoms with Gasteiger partial charge in [0.05, 0.1) is 12.1 Å². The lowest BCUT2D eigenvalue weighted by Gasteiger charge is -2.07. The standard InChI is InChI=1S/C12H12F2N2/c13-12(14)8-15-7-9-5-6-16-11-4-2-1-3-10(9)11/h1-6,12,15H,7-8H2. The summed E-state index contributed by atoms with van der Waals surface area (Å²) in [5, 5.41) is 3.72. The van der Waals surface area contributed by atoms with E-state index in [2.05, 4.69) is 10.3 Å². The van der Waals surface area contributed by atoms with Crippen molar-refractivity contribution in [1.82, 2.24) is 10.3 Å². The van der Waals surface area contributed by atoms with E-state index >= 15 is 0 Å². The molecule has 1 N–H and O–H groups in total. The van der Waals surface area contributed by atoms with E-state index in [1.165, 1.54) is 0 Å². The van der Waals surface area contributed by atoms with Crippen LogP contribution in [0, 0.1) is 0 Å². The molecule has 2 nitrogen and oxygen atoms in total. The number of nitrogens with one attached hydrogen (secondary N) is 1.